The molecule has 3 heterocycles. The highest BCUT2D eigenvalue weighted by molar-refractivity contribution is 7.14. The average Bonchev–Trinajstić information content (AvgIpc) is 3.30. The number of nitrogen functional groups attached to an aromatic ring is 1. The number of nitrogens with one attached hydrogen (secondary N) is 3. The smallest absolute Gasteiger partial charge is 0.326 e. The van der Waals surface area contributed by atoms with E-state index in [2.05, 4.69) is 20.3 Å². The minimum atomic E-state index is -1.31. The van der Waals surface area contributed by atoms with Crippen molar-refractivity contribution in [3.63, 3.8) is 0 Å². The van der Waals surface area contributed by atoms with Gasteiger partial charge in [0.2, 0.25) is 5.95 Å². The summed E-state index contributed by atoms with van der Waals surface area (Å²) in [6.45, 7) is 1.46. The normalized spacial score (nSPS) is 13.1. The Morgan fingerprint density at radius 1 is 1.26 bits per heavy atom. The number of nitrogens with two attached hydrogens (primary N) is 1. The van der Waals surface area contributed by atoms with Gasteiger partial charge in [0.15, 0.2) is 0 Å². The van der Waals surface area contributed by atoms with Crippen LogP contribution in [0.1, 0.15) is 33.5 Å². The van der Waals surface area contributed by atoms with Crippen LogP contribution in [0.4, 0.5) is 5.95 Å². The molecule has 31 heavy (non-hydrogen) atoms. The Labute approximate surface area is 179 Å². The standard InChI is InChI=1S/C19H21N5O6S/c1-8(6-12(25)26)14(18(29)30)22-16(27)11-5-4-10(31-11)3-2-9-7-21-15-13(9)17(28)24-19(20)23-15/h4-5,7-8,14H,2-3,6H2,1H3,(H,22,27)(H,25,26)(H,29,30)(H4,20,21,23,24,28). The molecule has 3 aromatic rings. The van der Waals surface area contributed by atoms with Crippen LogP contribution in [0.25, 0.3) is 11.0 Å². The summed E-state index contributed by atoms with van der Waals surface area (Å²) in [6.07, 6.45) is 2.38. The Morgan fingerprint density at radius 2 is 2.00 bits per heavy atom. The van der Waals surface area contributed by atoms with Crippen molar-refractivity contribution in [1.29, 1.82) is 0 Å². The van der Waals surface area contributed by atoms with Gasteiger partial charge in [-0.15, -0.1) is 11.3 Å². The summed E-state index contributed by atoms with van der Waals surface area (Å²) >= 11 is 1.20. The van der Waals surface area contributed by atoms with E-state index in [1.54, 1.807) is 18.3 Å². The van der Waals surface area contributed by atoms with E-state index in [4.69, 9.17) is 10.8 Å². The number of aromatic amines is 2. The van der Waals surface area contributed by atoms with Crippen LogP contribution in [0.5, 0.6) is 0 Å². The molecule has 0 aliphatic rings. The van der Waals surface area contributed by atoms with Gasteiger partial charge in [-0.05, 0) is 36.5 Å². The first-order chi connectivity index (χ1) is 14.7. The molecule has 0 spiro atoms. The van der Waals surface area contributed by atoms with Gasteiger partial charge in [0.1, 0.15) is 11.7 Å². The third-order valence-corrected chi connectivity index (χ3v) is 5.93. The van der Waals surface area contributed by atoms with E-state index in [1.807, 2.05) is 0 Å². The summed E-state index contributed by atoms with van der Waals surface area (Å²) in [6, 6.07) is 2.03. The van der Waals surface area contributed by atoms with E-state index in [0.717, 1.165) is 10.4 Å². The zero-order valence-electron chi connectivity index (χ0n) is 16.5. The number of aliphatic carboxylic acids is 2. The molecule has 1 amide bonds. The molecule has 0 aliphatic heterocycles. The number of aryl methyl sites for hydroxylation is 2. The number of rotatable bonds is 9. The van der Waals surface area contributed by atoms with Gasteiger partial charge in [-0.2, -0.15) is 4.98 Å². The van der Waals surface area contributed by atoms with E-state index in [9.17, 15) is 24.3 Å². The fraction of sp³-hybridized carbons (Fsp3) is 0.316. The van der Waals surface area contributed by atoms with Crippen LogP contribution in [0.2, 0.25) is 0 Å². The number of hydrogen-bond donors (Lipinski definition) is 6. The lowest BCUT2D eigenvalue weighted by Crippen LogP contribution is -2.45. The number of anilines is 1. The first kappa shape index (κ1) is 22.0. The van der Waals surface area contributed by atoms with Crippen molar-refractivity contribution >= 4 is 46.2 Å². The third-order valence-electron chi connectivity index (χ3n) is 4.79. The van der Waals surface area contributed by atoms with E-state index in [-0.39, 0.29) is 17.9 Å². The van der Waals surface area contributed by atoms with Crippen molar-refractivity contribution in [2.24, 2.45) is 5.92 Å². The molecule has 11 nitrogen and oxygen atoms in total. The second kappa shape index (κ2) is 9.00. The van der Waals surface area contributed by atoms with Gasteiger partial charge in [-0.25, -0.2) is 4.79 Å². The number of aromatic nitrogens is 3. The molecule has 3 rings (SSSR count). The van der Waals surface area contributed by atoms with E-state index < -0.39 is 29.8 Å². The monoisotopic (exact) mass is 447 g/mol. The highest BCUT2D eigenvalue weighted by Crippen LogP contribution is 2.21. The predicted octanol–water partition coefficient (Wildman–Crippen LogP) is 0.974. The molecule has 164 valence electrons. The first-order valence-corrected chi connectivity index (χ1v) is 10.2. The van der Waals surface area contributed by atoms with Crippen molar-refractivity contribution in [2.75, 3.05) is 5.73 Å². The van der Waals surface area contributed by atoms with Crippen molar-refractivity contribution in [3.05, 3.63) is 44.0 Å². The van der Waals surface area contributed by atoms with Crippen molar-refractivity contribution in [3.8, 4) is 0 Å². The van der Waals surface area contributed by atoms with Crippen LogP contribution in [0, 0.1) is 5.92 Å². The number of hydrogen-bond acceptors (Lipinski definition) is 7. The number of carbonyl (C=O) groups excluding carboxylic acids is 1. The maximum Gasteiger partial charge on any atom is 0.326 e. The minimum absolute atomic E-state index is 0.0251. The summed E-state index contributed by atoms with van der Waals surface area (Å²) in [4.78, 5) is 57.5. The van der Waals surface area contributed by atoms with E-state index >= 15 is 0 Å². The molecule has 0 radical (unpaired) electrons. The number of thiophene rings is 1. The summed E-state index contributed by atoms with van der Waals surface area (Å²) in [5, 5.41) is 21.0. The molecule has 0 fully saturated rings. The average molecular weight is 447 g/mol. The molecule has 0 bridgehead atoms. The second-order valence-electron chi connectivity index (χ2n) is 7.12. The van der Waals surface area contributed by atoms with Gasteiger partial charge in [0, 0.05) is 11.1 Å². The van der Waals surface area contributed by atoms with Crippen LogP contribution >= 0.6 is 11.3 Å². The number of carbonyl (C=O) groups is 3. The highest BCUT2D eigenvalue weighted by atomic mass is 32.1. The van der Waals surface area contributed by atoms with Crippen LogP contribution in [-0.2, 0) is 22.4 Å². The predicted molar refractivity (Wildman–Crippen MR) is 113 cm³/mol. The van der Waals surface area contributed by atoms with Gasteiger partial charge in [0.05, 0.1) is 16.7 Å². The fourth-order valence-corrected chi connectivity index (χ4v) is 4.17. The number of carboxylic acids is 2. The second-order valence-corrected chi connectivity index (χ2v) is 8.29. The lowest BCUT2D eigenvalue weighted by molar-refractivity contribution is -0.142. The first-order valence-electron chi connectivity index (χ1n) is 9.35. The Bertz CT molecular complexity index is 1200. The SMILES string of the molecule is CC(CC(=O)O)C(NC(=O)c1ccc(CCc2c[nH]c3nc(N)[nH]c(=O)c23)s1)C(=O)O. The summed E-state index contributed by atoms with van der Waals surface area (Å²) in [5.41, 5.74) is 6.36. The number of carboxylic acid groups (broad SMARTS) is 2. The van der Waals surface area contributed by atoms with Crippen molar-refractivity contribution in [1.82, 2.24) is 20.3 Å². The van der Waals surface area contributed by atoms with Gasteiger partial charge in [-0.1, -0.05) is 6.92 Å². The maximum atomic E-state index is 12.5. The zero-order valence-corrected chi connectivity index (χ0v) is 17.3. The Kier molecular flexibility index (Phi) is 6.39. The molecule has 7 N–H and O–H groups in total. The van der Waals surface area contributed by atoms with Crippen LogP contribution in [0.3, 0.4) is 0 Å². The van der Waals surface area contributed by atoms with Crippen LogP contribution in [0.15, 0.2) is 23.1 Å². The topological polar surface area (TPSA) is 191 Å². The van der Waals surface area contributed by atoms with Gasteiger partial charge >= 0.3 is 11.9 Å². The van der Waals surface area contributed by atoms with Gasteiger partial charge in [0.25, 0.3) is 11.5 Å². The molecular weight excluding hydrogens is 426 g/mol. The Hall–Kier alpha value is -3.67. The highest BCUT2D eigenvalue weighted by Gasteiger charge is 2.29. The molecule has 12 heteroatoms. The lowest BCUT2D eigenvalue weighted by atomic mass is 9.98. The Balaban J connectivity index is 1.67. The summed E-state index contributed by atoms with van der Waals surface area (Å²) in [7, 11) is 0. The van der Waals surface area contributed by atoms with E-state index in [1.165, 1.54) is 18.3 Å². The molecule has 2 atom stereocenters. The van der Waals surface area contributed by atoms with Crippen molar-refractivity contribution in [2.45, 2.75) is 32.2 Å². The van der Waals surface area contributed by atoms with Crippen LogP contribution in [-0.4, -0.2) is 49.1 Å². The number of fused-ring (bicyclic) bond motifs is 1. The molecule has 0 aromatic carbocycles. The summed E-state index contributed by atoms with van der Waals surface area (Å²) < 4.78 is 0. The zero-order chi connectivity index (χ0) is 22.7. The summed E-state index contributed by atoms with van der Waals surface area (Å²) in [5.74, 6) is -3.76. The van der Waals surface area contributed by atoms with E-state index in [0.29, 0.717) is 28.8 Å². The molecule has 3 aromatic heterocycles. The number of H-pyrrole nitrogens is 2. The lowest BCUT2D eigenvalue weighted by Gasteiger charge is -2.19. The molecule has 0 saturated heterocycles. The minimum Gasteiger partial charge on any atom is -0.481 e. The van der Waals surface area contributed by atoms with Gasteiger partial charge in [-0.3, -0.25) is 19.4 Å². The van der Waals surface area contributed by atoms with Crippen LogP contribution < -0.4 is 16.6 Å². The molecule has 2 unspecified atom stereocenters. The molecular formula is C19H21N5O6S. The number of amides is 1. The van der Waals surface area contributed by atoms with Crippen molar-refractivity contribution < 1.29 is 24.6 Å². The van der Waals surface area contributed by atoms with Gasteiger partial charge < -0.3 is 26.2 Å². The molecule has 0 saturated carbocycles. The Morgan fingerprint density at radius 3 is 2.68 bits per heavy atom. The largest absolute Gasteiger partial charge is 0.481 e. The maximum absolute atomic E-state index is 12.5. The quantitative estimate of drug-likeness (QED) is 0.279. The fourth-order valence-electron chi connectivity index (χ4n) is 3.26. The number of nitrogens with zero attached hydrogens (tertiary/aromatic N) is 1. The third kappa shape index (κ3) is 5.09. The molecule has 0 aliphatic carbocycles.